The fourth-order valence-electron chi connectivity index (χ4n) is 1.94. The third kappa shape index (κ3) is 6.77. The van der Waals surface area contributed by atoms with Crippen molar-refractivity contribution in [2.24, 2.45) is 0 Å². The Labute approximate surface area is 117 Å². The summed E-state index contributed by atoms with van der Waals surface area (Å²) in [5.74, 6) is 0.560. The Morgan fingerprint density at radius 1 is 1.26 bits per heavy atom. The summed E-state index contributed by atoms with van der Waals surface area (Å²) in [5.41, 5.74) is 1.37. The molecule has 0 bridgehead atoms. The molecular weight excluding hydrogens is 234 g/mol. The van der Waals surface area contributed by atoms with Crippen LogP contribution >= 0.6 is 0 Å². The van der Waals surface area contributed by atoms with Crippen LogP contribution in [0.15, 0.2) is 49.0 Å². The summed E-state index contributed by atoms with van der Waals surface area (Å²) in [6, 6.07) is 4.25. The molecular formula is C16H25N3. The Hall–Kier alpha value is -1.61. The monoisotopic (exact) mass is 259 g/mol. The second kappa shape index (κ2) is 9.34. The molecule has 1 unspecified atom stereocenters. The fourth-order valence-corrected chi connectivity index (χ4v) is 1.94. The minimum Gasteiger partial charge on any atom is -0.394 e. The van der Waals surface area contributed by atoms with Crippen molar-refractivity contribution in [1.29, 1.82) is 0 Å². The Bertz CT molecular complexity index is 382. The molecule has 1 aromatic rings. The van der Waals surface area contributed by atoms with E-state index >= 15 is 0 Å². The average molecular weight is 259 g/mol. The van der Waals surface area contributed by atoms with E-state index in [1.54, 1.807) is 0 Å². The highest BCUT2D eigenvalue weighted by atomic mass is 15.0. The first-order valence-corrected chi connectivity index (χ1v) is 6.77. The van der Waals surface area contributed by atoms with E-state index in [1.807, 2.05) is 31.7 Å². The van der Waals surface area contributed by atoms with Gasteiger partial charge in [0.2, 0.25) is 0 Å². The summed E-state index contributed by atoms with van der Waals surface area (Å²) in [4.78, 5) is 6.33. The van der Waals surface area contributed by atoms with Gasteiger partial charge in [-0.15, -0.1) is 0 Å². The Kier molecular flexibility index (Phi) is 7.59. The maximum atomic E-state index is 4.10. The zero-order valence-corrected chi connectivity index (χ0v) is 12.2. The molecule has 3 heteroatoms. The molecule has 3 nitrogen and oxygen atoms in total. The third-order valence-corrected chi connectivity index (χ3v) is 3.03. The van der Waals surface area contributed by atoms with Crippen LogP contribution in [0.1, 0.15) is 24.3 Å². The zero-order chi connectivity index (χ0) is 13.9. The van der Waals surface area contributed by atoms with Gasteiger partial charge in [-0.05, 0) is 69.4 Å². The highest BCUT2D eigenvalue weighted by molar-refractivity contribution is 5.17. The number of rotatable bonds is 8. The Balaban J connectivity index is 2.59. The van der Waals surface area contributed by atoms with Gasteiger partial charge in [-0.2, -0.15) is 0 Å². The molecule has 0 amide bonds. The second-order valence-corrected chi connectivity index (χ2v) is 4.88. The molecule has 1 atom stereocenters. The summed E-state index contributed by atoms with van der Waals surface area (Å²) in [6.45, 7) is 1.10. The van der Waals surface area contributed by atoms with Crippen LogP contribution in [0.4, 0.5) is 0 Å². The predicted octanol–water partition coefficient (Wildman–Crippen LogP) is 2.80. The Morgan fingerprint density at radius 3 is 2.63 bits per heavy atom. The summed E-state index contributed by atoms with van der Waals surface area (Å²) in [7, 11) is 6.14. The molecule has 0 aliphatic carbocycles. The van der Waals surface area contributed by atoms with E-state index in [1.165, 1.54) is 5.56 Å². The number of nitrogens with zero attached hydrogens (tertiary/aromatic N) is 2. The lowest BCUT2D eigenvalue weighted by Crippen LogP contribution is -2.15. The summed E-state index contributed by atoms with van der Waals surface area (Å²) < 4.78 is 0. The molecule has 1 rings (SSSR count). The van der Waals surface area contributed by atoms with Crippen molar-refractivity contribution < 1.29 is 0 Å². The topological polar surface area (TPSA) is 28.2 Å². The fraction of sp³-hybridized carbons (Fsp3) is 0.438. The molecule has 0 aliphatic heterocycles. The van der Waals surface area contributed by atoms with E-state index in [0.717, 1.165) is 19.4 Å². The van der Waals surface area contributed by atoms with Crippen LogP contribution < -0.4 is 5.32 Å². The smallest absolute Gasteiger partial charge is 0.0270 e. The highest BCUT2D eigenvalue weighted by Gasteiger charge is 2.09. The molecule has 0 spiro atoms. The van der Waals surface area contributed by atoms with Gasteiger partial charge in [0.1, 0.15) is 0 Å². The molecule has 0 radical (unpaired) electrons. The molecule has 0 aliphatic rings. The molecule has 1 heterocycles. The van der Waals surface area contributed by atoms with Crippen molar-refractivity contribution in [3.63, 3.8) is 0 Å². The van der Waals surface area contributed by atoms with Crippen LogP contribution in [0.2, 0.25) is 0 Å². The lowest BCUT2D eigenvalue weighted by molar-refractivity contribution is 0.381. The van der Waals surface area contributed by atoms with Gasteiger partial charge in [-0.25, -0.2) is 0 Å². The first-order valence-electron chi connectivity index (χ1n) is 6.77. The van der Waals surface area contributed by atoms with Crippen LogP contribution in [0, 0.1) is 0 Å². The van der Waals surface area contributed by atoms with Gasteiger partial charge >= 0.3 is 0 Å². The number of nitrogens with one attached hydrogen (secondary N) is 1. The van der Waals surface area contributed by atoms with Crippen LogP contribution in [-0.2, 0) is 0 Å². The average Bonchev–Trinajstić information content (AvgIpc) is 2.42. The highest BCUT2D eigenvalue weighted by Crippen LogP contribution is 2.23. The van der Waals surface area contributed by atoms with E-state index < -0.39 is 0 Å². The number of hydrogen-bond acceptors (Lipinski definition) is 3. The van der Waals surface area contributed by atoms with Gasteiger partial charge in [0.05, 0.1) is 0 Å². The van der Waals surface area contributed by atoms with Crippen LogP contribution in [0.25, 0.3) is 0 Å². The Morgan fingerprint density at radius 2 is 2.00 bits per heavy atom. The number of hydrogen-bond donors (Lipinski definition) is 1. The number of pyridine rings is 1. The van der Waals surface area contributed by atoms with Gasteiger partial charge in [0.15, 0.2) is 0 Å². The van der Waals surface area contributed by atoms with Crippen LogP contribution in [0.3, 0.4) is 0 Å². The van der Waals surface area contributed by atoms with E-state index in [0.29, 0.717) is 5.92 Å². The van der Waals surface area contributed by atoms with E-state index in [9.17, 15) is 0 Å². The molecule has 0 saturated heterocycles. The maximum Gasteiger partial charge on any atom is 0.0270 e. The summed E-state index contributed by atoms with van der Waals surface area (Å²) >= 11 is 0. The van der Waals surface area contributed by atoms with Gasteiger partial charge in [0, 0.05) is 19.4 Å². The largest absolute Gasteiger partial charge is 0.394 e. The van der Waals surface area contributed by atoms with Crippen molar-refractivity contribution in [3.05, 3.63) is 54.5 Å². The normalized spacial score (nSPS) is 13.5. The zero-order valence-electron chi connectivity index (χ0n) is 12.2. The van der Waals surface area contributed by atoms with Crippen molar-refractivity contribution >= 4 is 0 Å². The van der Waals surface area contributed by atoms with E-state index in [4.69, 9.17) is 0 Å². The van der Waals surface area contributed by atoms with Gasteiger partial charge < -0.3 is 10.2 Å². The molecule has 19 heavy (non-hydrogen) atoms. The van der Waals surface area contributed by atoms with E-state index in [2.05, 4.69) is 53.6 Å². The first-order chi connectivity index (χ1) is 9.24. The minimum atomic E-state index is 0.560. The quantitative estimate of drug-likeness (QED) is 0.728. The molecule has 104 valence electrons. The first kappa shape index (κ1) is 15.4. The molecule has 0 saturated carbocycles. The lowest BCUT2D eigenvalue weighted by atomic mass is 9.93. The SMILES string of the molecule is CN/C=C\C=C/CC(CCN(C)C)c1ccncc1. The van der Waals surface area contributed by atoms with E-state index in [-0.39, 0.29) is 0 Å². The van der Waals surface area contributed by atoms with Crippen LogP contribution in [-0.4, -0.2) is 37.6 Å². The van der Waals surface area contributed by atoms with Crippen molar-refractivity contribution in [1.82, 2.24) is 15.2 Å². The molecule has 0 fully saturated rings. The molecule has 1 aromatic heterocycles. The summed E-state index contributed by atoms with van der Waals surface area (Å²) in [6.07, 6.45) is 14.3. The summed E-state index contributed by atoms with van der Waals surface area (Å²) in [5, 5.41) is 2.98. The standard InChI is InChI=1S/C16H25N3/c1-17-11-6-4-5-7-15(10-14-19(2)3)16-8-12-18-13-9-16/h4-6,8-9,11-13,15,17H,7,10,14H2,1-3H3/b5-4-,11-6-. The molecule has 1 N–H and O–H groups in total. The van der Waals surface area contributed by atoms with Crippen LogP contribution in [0.5, 0.6) is 0 Å². The van der Waals surface area contributed by atoms with Gasteiger partial charge in [-0.3, -0.25) is 4.98 Å². The molecule has 0 aromatic carbocycles. The number of aromatic nitrogens is 1. The second-order valence-electron chi connectivity index (χ2n) is 4.88. The predicted molar refractivity (Wildman–Crippen MR) is 82.1 cm³/mol. The van der Waals surface area contributed by atoms with Crippen molar-refractivity contribution in [3.8, 4) is 0 Å². The number of allylic oxidation sites excluding steroid dienone is 3. The maximum absolute atomic E-state index is 4.10. The lowest BCUT2D eigenvalue weighted by Gasteiger charge is -2.18. The van der Waals surface area contributed by atoms with Crippen molar-refractivity contribution in [2.75, 3.05) is 27.7 Å². The minimum absolute atomic E-state index is 0.560. The van der Waals surface area contributed by atoms with Crippen molar-refractivity contribution in [2.45, 2.75) is 18.8 Å². The van der Waals surface area contributed by atoms with Gasteiger partial charge in [0.25, 0.3) is 0 Å². The third-order valence-electron chi connectivity index (χ3n) is 3.03. The van der Waals surface area contributed by atoms with Gasteiger partial charge in [-0.1, -0.05) is 12.2 Å².